The molecule has 0 atom stereocenters. The van der Waals surface area contributed by atoms with Gasteiger partial charge >= 0.3 is 6.18 Å². The van der Waals surface area contributed by atoms with Crippen LogP contribution in [0.4, 0.5) is 13.2 Å². The Morgan fingerprint density at radius 2 is 1.87 bits per heavy atom. The van der Waals surface area contributed by atoms with Crippen LogP contribution >= 0.6 is 11.6 Å². The number of benzene rings is 1. The largest absolute Gasteiger partial charge is 0.416 e. The van der Waals surface area contributed by atoms with Crippen molar-refractivity contribution in [3.63, 3.8) is 0 Å². The molecule has 4 aromatic rings. The number of alkyl halides is 3. The van der Waals surface area contributed by atoms with Gasteiger partial charge in [0, 0.05) is 35.1 Å². The molecule has 0 fully saturated rings. The molecule has 0 aliphatic heterocycles. The van der Waals surface area contributed by atoms with E-state index in [1.165, 1.54) is 30.5 Å². The van der Waals surface area contributed by atoms with E-state index in [9.17, 15) is 26.4 Å². The van der Waals surface area contributed by atoms with Crippen molar-refractivity contribution in [3.05, 3.63) is 93.7 Å². The summed E-state index contributed by atoms with van der Waals surface area (Å²) in [5.74, 6) is -0.496. The van der Waals surface area contributed by atoms with E-state index in [1.807, 2.05) is 13.8 Å². The number of aromatic nitrogens is 3. The van der Waals surface area contributed by atoms with E-state index < -0.39 is 27.5 Å². The van der Waals surface area contributed by atoms with E-state index >= 15 is 0 Å². The van der Waals surface area contributed by atoms with E-state index in [2.05, 4.69) is 15.3 Å². The number of carbonyl (C=O) groups is 1. The summed E-state index contributed by atoms with van der Waals surface area (Å²) in [4.78, 5) is 21.6. The Balaban J connectivity index is 1.58. The maximum Gasteiger partial charge on any atom is 0.416 e. The zero-order chi connectivity index (χ0) is 28.5. The SMILES string of the molecule is CCS(=O)(=O)c1ccc(CNC(=O)c2ccn3c(C(C)C)c(Cc4ccc(Cl)cc4C(F)(F)F)nc3c2)nc1. The van der Waals surface area contributed by atoms with Gasteiger partial charge in [-0.3, -0.25) is 9.78 Å². The number of hydrogen-bond acceptors (Lipinski definition) is 5. The second-order valence-electron chi connectivity index (χ2n) is 9.29. The van der Waals surface area contributed by atoms with E-state index in [-0.39, 0.29) is 40.1 Å². The molecule has 1 aromatic carbocycles. The normalized spacial score (nSPS) is 12.3. The first-order chi connectivity index (χ1) is 18.3. The van der Waals surface area contributed by atoms with Crippen molar-refractivity contribution in [1.29, 1.82) is 0 Å². The van der Waals surface area contributed by atoms with Crippen LogP contribution in [0, 0.1) is 0 Å². The molecule has 0 unspecified atom stereocenters. The Bertz CT molecular complexity index is 1630. The van der Waals surface area contributed by atoms with Gasteiger partial charge in [-0.15, -0.1) is 0 Å². The highest BCUT2D eigenvalue weighted by molar-refractivity contribution is 7.91. The second kappa shape index (κ2) is 11.0. The zero-order valence-electron chi connectivity index (χ0n) is 21.4. The second-order valence-corrected chi connectivity index (χ2v) is 12.0. The summed E-state index contributed by atoms with van der Waals surface area (Å²) < 4.78 is 66.6. The molecule has 206 valence electrons. The predicted molar refractivity (Wildman–Crippen MR) is 142 cm³/mol. The van der Waals surface area contributed by atoms with Crippen molar-refractivity contribution >= 4 is 33.0 Å². The molecule has 0 saturated carbocycles. The fourth-order valence-electron chi connectivity index (χ4n) is 4.28. The molecule has 0 aliphatic rings. The van der Waals surface area contributed by atoms with Gasteiger partial charge in [-0.2, -0.15) is 13.2 Å². The molecule has 1 amide bonds. The molecule has 0 saturated heterocycles. The summed E-state index contributed by atoms with van der Waals surface area (Å²) in [5, 5.41) is 2.74. The van der Waals surface area contributed by atoms with Crippen molar-refractivity contribution in [2.75, 3.05) is 5.75 Å². The third kappa shape index (κ3) is 6.25. The molecule has 4 rings (SSSR count). The maximum absolute atomic E-state index is 13.7. The van der Waals surface area contributed by atoms with Crippen molar-refractivity contribution in [2.45, 2.75) is 50.7 Å². The first-order valence-electron chi connectivity index (χ1n) is 12.1. The molecule has 1 N–H and O–H groups in total. The minimum atomic E-state index is -4.57. The maximum atomic E-state index is 13.7. The lowest BCUT2D eigenvalue weighted by Gasteiger charge is -2.14. The number of pyridine rings is 2. The van der Waals surface area contributed by atoms with Gasteiger partial charge in [-0.1, -0.05) is 38.4 Å². The molecule has 0 bridgehead atoms. The Labute approximate surface area is 229 Å². The van der Waals surface area contributed by atoms with Gasteiger partial charge in [-0.05, 0) is 47.9 Å². The highest BCUT2D eigenvalue weighted by Gasteiger charge is 2.34. The number of sulfone groups is 1. The van der Waals surface area contributed by atoms with Gasteiger partial charge in [-0.25, -0.2) is 13.4 Å². The molecular weight excluding hydrogens is 553 g/mol. The number of nitrogens with zero attached hydrogens (tertiary/aromatic N) is 3. The molecule has 7 nitrogen and oxygen atoms in total. The molecule has 0 spiro atoms. The summed E-state index contributed by atoms with van der Waals surface area (Å²) in [6, 6.07) is 9.85. The van der Waals surface area contributed by atoms with Crippen LogP contribution in [0.5, 0.6) is 0 Å². The average molecular weight is 579 g/mol. The third-order valence-electron chi connectivity index (χ3n) is 6.25. The number of halogens is 4. The predicted octanol–water partition coefficient (Wildman–Crippen LogP) is 5.84. The third-order valence-corrected chi connectivity index (χ3v) is 8.21. The average Bonchev–Trinajstić information content (AvgIpc) is 3.25. The van der Waals surface area contributed by atoms with Crippen LogP contribution in [0.3, 0.4) is 0 Å². The minimum absolute atomic E-state index is 0.00190. The highest BCUT2D eigenvalue weighted by Crippen LogP contribution is 2.35. The van der Waals surface area contributed by atoms with Gasteiger partial charge in [0.25, 0.3) is 5.91 Å². The molecular formula is C27H26ClF3N4O3S. The van der Waals surface area contributed by atoms with Gasteiger partial charge < -0.3 is 9.72 Å². The van der Waals surface area contributed by atoms with Crippen molar-refractivity contribution < 1.29 is 26.4 Å². The zero-order valence-corrected chi connectivity index (χ0v) is 23.0. The lowest BCUT2D eigenvalue weighted by atomic mass is 9.99. The van der Waals surface area contributed by atoms with Crippen molar-refractivity contribution in [2.24, 2.45) is 0 Å². The monoisotopic (exact) mass is 578 g/mol. The van der Waals surface area contributed by atoms with Crippen molar-refractivity contribution in [3.8, 4) is 0 Å². The molecule has 39 heavy (non-hydrogen) atoms. The Kier molecular flexibility index (Phi) is 8.04. The fraction of sp³-hybridized carbons (Fsp3) is 0.296. The van der Waals surface area contributed by atoms with E-state index in [4.69, 9.17) is 11.6 Å². The first-order valence-corrected chi connectivity index (χ1v) is 14.2. The number of amides is 1. The van der Waals surface area contributed by atoms with Crippen LogP contribution in [0.15, 0.2) is 59.8 Å². The van der Waals surface area contributed by atoms with E-state index in [0.717, 1.165) is 11.8 Å². The van der Waals surface area contributed by atoms with E-state index in [0.29, 0.717) is 22.6 Å². The van der Waals surface area contributed by atoms with Crippen LogP contribution in [0.25, 0.3) is 5.65 Å². The van der Waals surface area contributed by atoms with Gasteiger partial charge in [0.05, 0.1) is 34.1 Å². The number of imidazole rings is 1. The van der Waals surface area contributed by atoms with Crippen LogP contribution in [-0.2, 0) is 29.0 Å². The van der Waals surface area contributed by atoms with Crippen LogP contribution in [-0.4, -0.2) is 34.4 Å². The molecule has 0 radical (unpaired) electrons. The number of hydrogen-bond donors (Lipinski definition) is 1. The first kappa shape index (κ1) is 28.6. The Morgan fingerprint density at radius 1 is 1.13 bits per heavy atom. The Hall–Kier alpha value is -3.44. The summed E-state index contributed by atoms with van der Waals surface area (Å²) in [6.07, 6.45) is -1.69. The van der Waals surface area contributed by atoms with E-state index in [1.54, 1.807) is 29.7 Å². The lowest BCUT2D eigenvalue weighted by molar-refractivity contribution is -0.138. The fourth-order valence-corrected chi connectivity index (χ4v) is 5.28. The number of nitrogens with one attached hydrogen (secondary N) is 1. The summed E-state index contributed by atoms with van der Waals surface area (Å²) in [5.41, 5.74) is 1.68. The summed E-state index contributed by atoms with van der Waals surface area (Å²) >= 11 is 5.83. The number of rotatable bonds is 8. The van der Waals surface area contributed by atoms with Crippen molar-refractivity contribution in [1.82, 2.24) is 19.7 Å². The van der Waals surface area contributed by atoms with Gasteiger partial charge in [0.15, 0.2) is 9.84 Å². The topological polar surface area (TPSA) is 93.4 Å². The smallest absolute Gasteiger partial charge is 0.346 e. The van der Waals surface area contributed by atoms with Crippen LogP contribution < -0.4 is 5.32 Å². The molecule has 3 aromatic heterocycles. The number of fused-ring (bicyclic) bond motifs is 1. The van der Waals surface area contributed by atoms with Gasteiger partial charge in [0.1, 0.15) is 5.65 Å². The molecule has 12 heteroatoms. The van der Waals surface area contributed by atoms with Gasteiger partial charge in [0.2, 0.25) is 0 Å². The highest BCUT2D eigenvalue weighted by atomic mass is 35.5. The standard InChI is InChI=1S/C27H26ClF3N4O3S/c1-4-39(37,38)21-8-7-20(32-15-21)14-33-26(36)18-9-10-35-24(12-18)34-23(25(35)16(2)3)11-17-5-6-19(28)13-22(17)27(29,30)31/h5-10,12-13,15-16H,4,11,14H2,1-3H3,(H,33,36). The quantitative estimate of drug-likeness (QED) is 0.283. The number of carbonyl (C=O) groups excluding carboxylic acids is 1. The lowest BCUT2D eigenvalue weighted by Crippen LogP contribution is -2.23. The van der Waals surface area contributed by atoms with Crippen LogP contribution in [0.2, 0.25) is 5.02 Å². The van der Waals surface area contributed by atoms with Crippen LogP contribution in [0.1, 0.15) is 65.3 Å². The Morgan fingerprint density at radius 3 is 2.49 bits per heavy atom. The summed E-state index contributed by atoms with van der Waals surface area (Å²) in [7, 11) is -3.37. The summed E-state index contributed by atoms with van der Waals surface area (Å²) in [6.45, 7) is 5.46. The molecule has 3 heterocycles. The minimum Gasteiger partial charge on any atom is -0.346 e. The molecule has 0 aliphatic carbocycles.